The van der Waals surface area contributed by atoms with Gasteiger partial charge in [-0.3, -0.25) is 5.10 Å². The van der Waals surface area contributed by atoms with E-state index in [1.807, 2.05) is 0 Å². The van der Waals surface area contributed by atoms with Crippen molar-refractivity contribution < 1.29 is 9.53 Å². The first-order valence-corrected chi connectivity index (χ1v) is 6.02. The number of unbranched alkanes of at least 4 members (excludes halogenated alkanes) is 1. The second-order valence-electron chi connectivity index (χ2n) is 4.06. The van der Waals surface area contributed by atoms with Crippen molar-refractivity contribution in [3.8, 4) is 0 Å². The zero-order valence-electron chi connectivity index (χ0n) is 10.4. The van der Waals surface area contributed by atoms with Crippen molar-refractivity contribution >= 4 is 11.9 Å². The molecule has 0 bridgehead atoms. The van der Waals surface area contributed by atoms with E-state index < -0.39 is 5.97 Å². The number of carbonyl (C=O) groups excluding carboxylic acids is 1. The van der Waals surface area contributed by atoms with Gasteiger partial charge in [0.2, 0.25) is 11.8 Å². The Labute approximate surface area is 101 Å². The van der Waals surface area contributed by atoms with Crippen LogP contribution in [0, 0.1) is 5.92 Å². The number of nitrogen functional groups attached to an aromatic ring is 1. The monoisotopic (exact) mass is 240 g/mol. The van der Waals surface area contributed by atoms with E-state index in [1.54, 1.807) is 0 Å². The lowest BCUT2D eigenvalue weighted by Gasteiger charge is -2.13. The number of hydrogen-bond acceptors (Lipinski definition) is 5. The number of esters is 1. The molecule has 96 valence electrons. The molecule has 17 heavy (non-hydrogen) atoms. The van der Waals surface area contributed by atoms with E-state index in [2.05, 4.69) is 29.0 Å². The maximum absolute atomic E-state index is 11.5. The maximum atomic E-state index is 11.5. The normalized spacial score (nSPS) is 12.4. The van der Waals surface area contributed by atoms with Crippen LogP contribution in [0.3, 0.4) is 0 Å². The summed E-state index contributed by atoms with van der Waals surface area (Å²) >= 11 is 0. The van der Waals surface area contributed by atoms with Gasteiger partial charge in [0.15, 0.2) is 0 Å². The number of ether oxygens (including phenoxy) is 1. The Morgan fingerprint density at radius 2 is 2.29 bits per heavy atom. The highest BCUT2D eigenvalue weighted by molar-refractivity contribution is 5.85. The Bertz CT molecular complexity index is 351. The maximum Gasteiger partial charge on any atom is 0.375 e. The number of hydrogen-bond donors (Lipinski definition) is 2. The van der Waals surface area contributed by atoms with Crippen molar-refractivity contribution in [2.45, 2.75) is 39.5 Å². The Morgan fingerprint density at radius 1 is 1.53 bits per heavy atom. The Hall–Kier alpha value is -1.59. The number of nitrogens with one attached hydrogen (secondary N) is 1. The van der Waals surface area contributed by atoms with Crippen LogP contribution in [0.5, 0.6) is 0 Å². The van der Waals surface area contributed by atoms with Crippen LogP contribution >= 0.6 is 0 Å². The van der Waals surface area contributed by atoms with Crippen LogP contribution in [-0.2, 0) is 4.74 Å². The smallest absolute Gasteiger partial charge is 0.375 e. The first-order chi connectivity index (χ1) is 8.17. The fraction of sp³-hybridized carbons (Fsp3) is 0.727. The van der Waals surface area contributed by atoms with Gasteiger partial charge in [-0.2, -0.15) is 4.98 Å². The van der Waals surface area contributed by atoms with Crippen LogP contribution < -0.4 is 5.73 Å². The molecule has 1 aromatic heterocycles. The summed E-state index contributed by atoms with van der Waals surface area (Å²) in [4.78, 5) is 15.3. The van der Waals surface area contributed by atoms with Crippen LogP contribution in [0.2, 0.25) is 0 Å². The van der Waals surface area contributed by atoms with E-state index in [-0.39, 0.29) is 11.8 Å². The molecule has 0 aliphatic carbocycles. The van der Waals surface area contributed by atoms with E-state index in [1.165, 1.54) is 0 Å². The first-order valence-electron chi connectivity index (χ1n) is 6.02. The van der Waals surface area contributed by atoms with E-state index >= 15 is 0 Å². The molecule has 6 nitrogen and oxygen atoms in total. The fourth-order valence-corrected chi connectivity index (χ4v) is 1.53. The van der Waals surface area contributed by atoms with Gasteiger partial charge in [0, 0.05) is 0 Å². The molecule has 1 heterocycles. The number of aromatic amines is 1. The number of nitrogens with two attached hydrogens (primary N) is 1. The molecule has 0 aromatic carbocycles. The molecule has 1 unspecified atom stereocenters. The van der Waals surface area contributed by atoms with Gasteiger partial charge in [-0.15, -0.1) is 5.10 Å². The molecule has 3 N–H and O–H groups in total. The number of H-pyrrole nitrogens is 1. The zero-order valence-corrected chi connectivity index (χ0v) is 10.4. The predicted octanol–water partition coefficient (Wildman–Crippen LogP) is 1.76. The number of nitrogens with zero attached hydrogens (tertiary/aromatic N) is 2. The van der Waals surface area contributed by atoms with Gasteiger partial charge in [0.05, 0.1) is 6.61 Å². The average molecular weight is 240 g/mol. The largest absolute Gasteiger partial charge is 0.460 e. The van der Waals surface area contributed by atoms with Crippen molar-refractivity contribution in [1.29, 1.82) is 0 Å². The van der Waals surface area contributed by atoms with Gasteiger partial charge in [0.25, 0.3) is 0 Å². The molecule has 6 heteroatoms. The Balaban J connectivity index is 2.36. The number of rotatable bonds is 7. The molecule has 0 aliphatic heterocycles. The Morgan fingerprint density at radius 3 is 2.82 bits per heavy atom. The van der Waals surface area contributed by atoms with Crippen LogP contribution in [0.4, 0.5) is 5.95 Å². The summed E-state index contributed by atoms with van der Waals surface area (Å²) in [5, 5.41) is 6.00. The zero-order chi connectivity index (χ0) is 12.7. The lowest BCUT2D eigenvalue weighted by atomic mass is 10.0. The molecule has 0 fully saturated rings. The van der Waals surface area contributed by atoms with Gasteiger partial charge >= 0.3 is 5.97 Å². The molecule has 1 atom stereocenters. The third-order valence-electron chi connectivity index (χ3n) is 2.69. The summed E-state index contributed by atoms with van der Waals surface area (Å²) < 4.78 is 5.16. The molecule has 1 aromatic rings. The van der Waals surface area contributed by atoms with Crippen LogP contribution in [-0.4, -0.2) is 27.8 Å². The molecule has 0 saturated heterocycles. The SMILES string of the molecule is CCCCC(CC)COC(=O)c1nc(N)n[nH]1. The highest BCUT2D eigenvalue weighted by atomic mass is 16.5. The van der Waals surface area contributed by atoms with Crippen LogP contribution in [0.25, 0.3) is 0 Å². The number of anilines is 1. The molecule has 0 amide bonds. The molecule has 0 spiro atoms. The fourth-order valence-electron chi connectivity index (χ4n) is 1.53. The quantitative estimate of drug-likeness (QED) is 0.708. The molecular weight excluding hydrogens is 220 g/mol. The average Bonchev–Trinajstić information content (AvgIpc) is 2.76. The number of aromatic nitrogens is 3. The summed E-state index contributed by atoms with van der Waals surface area (Å²) in [7, 11) is 0. The molecule has 0 radical (unpaired) electrons. The van der Waals surface area contributed by atoms with Crippen molar-refractivity contribution in [2.75, 3.05) is 12.3 Å². The minimum Gasteiger partial charge on any atom is -0.460 e. The van der Waals surface area contributed by atoms with Crippen molar-refractivity contribution in [2.24, 2.45) is 5.92 Å². The summed E-state index contributed by atoms with van der Waals surface area (Å²) in [5.74, 6) is 0.0335. The third kappa shape index (κ3) is 4.42. The molecular formula is C11H20N4O2. The van der Waals surface area contributed by atoms with Gasteiger partial charge in [-0.05, 0) is 12.3 Å². The standard InChI is InChI=1S/C11H20N4O2/c1-3-5-6-8(4-2)7-17-10(16)9-13-11(12)15-14-9/h8H,3-7H2,1-2H3,(H3,12,13,14,15). The minimum absolute atomic E-state index is 0.0509. The third-order valence-corrected chi connectivity index (χ3v) is 2.69. The highest BCUT2D eigenvalue weighted by Crippen LogP contribution is 2.13. The lowest BCUT2D eigenvalue weighted by Crippen LogP contribution is -2.15. The minimum atomic E-state index is -0.496. The first kappa shape index (κ1) is 13.5. The van der Waals surface area contributed by atoms with Crippen molar-refractivity contribution in [1.82, 2.24) is 15.2 Å². The van der Waals surface area contributed by atoms with E-state index in [0.717, 1.165) is 25.7 Å². The van der Waals surface area contributed by atoms with E-state index in [4.69, 9.17) is 10.5 Å². The van der Waals surface area contributed by atoms with Gasteiger partial charge in [-0.25, -0.2) is 4.79 Å². The van der Waals surface area contributed by atoms with Crippen LogP contribution in [0.1, 0.15) is 50.1 Å². The van der Waals surface area contributed by atoms with Gasteiger partial charge in [-0.1, -0.05) is 33.1 Å². The summed E-state index contributed by atoms with van der Waals surface area (Å²) in [6, 6.07) is 0. The van der Waals surface area contributed by atoms with Gasteiger partial charge in [0.1, 0.15) is 0 Å². The molecule has 0 aliphatic rings. The second-order valence-corrected chi connectivity index (χ2v) is 4.06. The van der Waals surface area contributed by atoms with Crippen LogP contribution in [0.15, 0.2) is 0 Å². The lowest BCUT2D eigenvalue weighted by molar-refractivity contribution is 0.0414. The van der Waals surface area contributed by atoms with E-state index in [9.17, 15) is 4.79 Å². The summed E-state index contributed by atoms with van der Waals surface area (Å²) in [6.07, 6.45) is 4.40. The van der Waals surface area contributed by atoms with Crippen molar-refractivity contribution in [3.63, 3.8) is 0 Å². The molecule has 1 rings (SSSR count). The number of carbonyl (C=O) groups is 1. The topological polar surface area (TPSA) is 93.9 Å². The predicted molar refractivity (Wildman–Crippen MR) is 64.4 cm³/mol. The van der Waals surface area contributed by atoms with Crippen molar-refractivity contribution in [3.05, 3.63) is 5.82 Å². The summed E-state index contributed by atoms with van der Waals surface area (Å²) in [5.41, 5.74) is 5.30. The highest BCUT2D eigenvalue weighted by Gasteiger charge is 2.14. The summed E-state index contributed by atoms with van der Waals surface area (Å²) in [6.45, 7) is 4.67. The molecule has 0 saturated carbocycles. The van der Waals surface area contributed by atoms with E-state index in [0.29, 0.717) is 12.5 Å². The Kier molecular flexibility index (Phi) is 5.45. The second kappa shape index (κ2) is 6.88. The van der Waals surface area contributed by atoms with Gasteiger partial charge < -0.3 is 10.5 Å².